The summed E-state index contributed by atoms with van der Waals surface area (Å²) in [6.45, 7) is 9.81. The first-order chi connectivity index (χ1) is 6.92. The van der Waals surface area contributed by atoms with Gasteiger partial charge in [-0.3, -0.25) is 0 Å². The highest BCUT2D eigenvalue weighted by molar-refractivity contribution is 7.73. The number of rotatable bonds is 3. The van der Waals surface area contributed by atoms with E-state index >= 15 is 0 Å². The molecule has 0 fully saturated rings. The minimum absolute atomic E-state index is 0.206. The van der Waals surface area contributed by atoms with Crippen molar-refractivity contribution in [2.24, 2.45) is 0 Å². The fourth-order valence-corrected chi connectivity index (χ4v) is 4.17. The van der Waals surface area contributed by atoms with Gasteiger partial charge in [-0.15, -0.1) is 6.58 Å². The molecule has 0 aliphatic carbocycles. The molecular weight excluding hydrogens is 203 g/mol. The third kappa shape index (κ3) is 2.41. The molecule has 1 aromatic rings. The highest BCUT2D eigenvalue weighted by atomic mass is 31.2. The third-order valence-corrected chi connectivity index (χ3v) is 6.72. The van der Waals surface area contributed by atoms with Crippen molar-refractivity contribution < 1.29 is 4.57 Å². The molecule has 0 saturated carbocycles. The second kappa shape index (κ2) is 4.37. The summed E-state index contributed by atoms with van der Waals surface area (Å²) in [5, 5.41) is 0.750. The Morgan fingerprint density at radius 2 is 1.80 bits per heavy atom. The average molecular weight is 222 g/mol. The van der Waals surface area contributed by atoms with E-state index in [4.69, 9.17) is 0 Å². The van der Waals surface area contributed by atoms with Gasteiger partial charge in [0, 0.05) is 16.6 Å². The van der Waals surface area contributed by atoms with Crippen molar-refractivity contribution in [3.63, 3.8) is 0 Å². The second-order valence-electron chi connectivity index (χ2n) is 4.72. The van der Waals surface area contributed by atoms with Crippen molar-refractivity contribution in [3.8, 4) is 0 Å². The predicted molar refractivity (Wildman–Crippen MR) is 68.5 cm³/mol. The summed E-state index contributed by atoms with van der Waals surface area (Å²) in [5.41, 5.74) is 0. The molecule has 2 heteroatoms. The van der Waals surface area contributed by atoms with Crippen LogP contribution in [-0.4, -0.2) is 11.3 Å². The quantitative estimate of drug-likeness (QED) is 0.563. The van der Waals surface area contributed by atoms with Crippen molar-refractivity contribution in [2.45, 2.75) is 25.9 Å². The van der Waals surface area contributed by atoms with Crippen LogP contribution >= 0.6 is 7.14 Å². The van der Waals surface area contributed by atoms with Crippen LogP contribution in [-0.2, 0) is 4.57 Å². The Hall–Kier alpha value is -0.810. The largest absolute Gasteiger partial charge is 0.318 e. The fraction of sp³-hybridized carbons (Fsp3) is 0.385. The van der Waals surface area contributed by atoms with Crippen LogP contribution in [0.4, 0.5) is 0 Å². The lowest BCUT2D eigenvalue weighted by atomic mass is 10.3. The zero-order valence-electron chi connectivity index (χ0n) is 9.73. The molecule has 0 N–H and O–H groups in total. The van der Waals surface area contributed by atoms with Gasteiger partial charge in [-0.05, 0) is 0 Å². The summed E-state index contributed by atoms with van der Waals surface area (Å²) < 4.78 is 13.0. The summed E-state index contributed by atoms with van der Waals surface area (Å²) in [4.78, 5) is 0. The van der Waals surface area contributed by atoms with Gasteiger partial charge in [0.2, 0.25) is 0 Å². The van der Waals surface area contributed by atoms with Gasteiger partial charge >= 0.3 is 0 Å². The Morgan fingerprint density at radius 3 is 2.20 bits per heavy atom. The van der Waals surface area contributed by atoms with Gasteiger partial charge in [-0.25, -0.2) is 0 Å². The van der Waals surface area contributed by atoms with E-state index in [9.17, 15) is 4.57 Å². The maximum Gasteiger partial charge on any atom is 0.124 e. The number of benzene rings is 1. The second-order valence-corrected chi connectivity index (χ2v) is 8.42. The standard InChI is InChI=1S/C13H19OP/c1-5-11-15(14,13(2,3)4)12-9-7-6-8-10-12/h5-10H,1,11H2,2-4H3/t15-/m1/s1. The van der Waals surface area contributed by atoms with Crippen LogP contribution < -0.4 is 5.30 Å². The fourth-order valence-electron chi connectivity index (χ4n) is 1.62. The smallest absolute Gasteiger partial charge is 0.124 e. The molecule has 1 aromatic carbocycles. The first kappa shape index (κ1) is 12.3. The lowest BCUT2D eigenvalue weighted by Crippen LogP contribution is -2.24. The molecule has 82 valence electrons. The number of hydrogen-bond donors (Lipinski definition) is 0. The zero-order valence-corrected chi connectivity index (χ0v) is 10.6. The highest BCUT2D eigenvalue weighted by Gasteiger charge is 2.36. The molecule has 0 amide bonds. The van der Waals surface area contributed by atoms with Crippen LogP contribution in [0.1, 0.15) is 20.8 Å². The molecule has 0 aromatic heterocycles. The topological polar surface area (TPSA) is 17.1 Å². The summed E-state index contributed by atoms with van der Waals surface area (Å²) in [7, 11) is -2.37. The predicted octanol–water partition coefficient (Wildman–Crippen LogP) is 3.66. The molecule has 0 spiro atoms. The van der Waals surface area contributed by atoms with E-state index in [0.717, 1.165) is 5.30 Å². The average Bonchev–Trinajstić information content (AvgIpc) is 2.18. The van der Waals surface area contributed by atoms with Gasteiger partial charge in [0.25, 0.3) is 0 Å². The van der Waals surface area contributed by atoms with Gasteiger partial charge in [-0.1, -0.05) is 57.2 Å². The Kier molecular flexibility index (Phi) is 3.57. The maximum absolute atomic E-state index is 13.0. The molecular formula is C13H19OP. The molecule has 0 aliphatic heterocycles. The lowest BCUT2D eigenvalue weighted by Gasteiger charge is -2.30. The van der Waals surface area contributed by atoms with Gasteiger partial charge < -0.3 is 4.57 Å². The van der Waals surface area contributed by atoms with Crippen molar-refractivity contribution >= 4 is 12.4 Å². The Balaban J connectivity index is 3.26. The van der Waals surface area contributed by atoms with E-state index in [1.165, 1.54) is 0 Å². The first-order valence-corrected chi connectivity index (χ1v) is 7.07. The molecule has 0 saturated heterocycles. The molecule has 0 radical (unpaired) electrons. The minimum Gasteiger partial charge on any atom is -0.318 e. The number of hydrogen-bond acceptors (Lipinski definition) is 1. The van der Waals surface area contributed by atoms with Gasteiger partial charge in [0.05, 0.1) is 0 Å². The minimum atomic E-state index is -2.37. The molecule has 15 heavy (non-hydrogen) atoms. The van der Waals surface area contributed by atoms with E-state index in [1.54, 1.807) is 6.08 Å². The zero-order chi connectivity index (χ0) is 11.5. The Morgan fingerprint density at radius 1 is 1.27 bits per heavy atom. The van der Waals surface area contributed by atoms with Crippen LogP contribution in [0.2, 0.25) is 0 Å². The van der Waals surface area contributed by atoms with Crippen molar-refractivity contribution in [1.29, 1.82) is 0 Å². The van der Waals surface area contributed by atoms with Crippen LogP contribution in [0, 0.1) is 0 Å². The monoisotopic (exact) mass is 222 g/mol. The lowest BCUT2D eigenvalue weighted by molar-refractivity contribution is 0.558. The number of allylic oxidation sites excluding steroid dienone is 1. The van der Waals surface area contributed by atoms with Crippen LogP contribution in [0.5, 0.6) is 0 Å². The first-order valence-electron chi connectivity index (χ1n) is 5.17. The Labute approximate surface area is 92.6 Å². The van der Waals surface area contributed by atoms with Gasteiger partial charge in [0.1, 0.15) is 7.14 Å². The maximum atomic E-state index is 13.0. The summed E-state index contributed by atoms with van der Waals surface area (Å²) >= 11 is 0. The molecule has 0 bridgehead atoms. The molecule has 0 aliphatic rings. The molecule has 1 rings (SSSR count). The van der Waals surface area contributed by atoms with E-state index in [2.05, 4.69) is 6.58 Å². The summed E-state index contributed by atoms with van der Waals surface area (Å²) in [5.74, 6) is 0. The van der Waals surface area contributed by atoms with Gasteiger partial charge in [0.15, 0.2) is 0 Å². The van der Waals surface area contributed by atoms with Crippen LogP contribution in [0.25, 0.3) is 0 Å². The normalized spacial score (nSPS) is 15.7. The van der Waals surface area contributed by atoms with E-state index < -0.39 is 7.14 Å². The van der Waals surface area contributed by atoms with Crippen LogP contribution in [0.15, 0.2) is 43.0 Å². The van der Waals surface area contributed by atoms with E-state index in [-0.39, 0.29) is 5.16 Å². The van der Waals surface area contributed by atoms with Crippen molar-refractivity contribution in [3.05, 3.63) is 43.0 Å². The van der Waals surface area contributed by atoms with Crippen molar-refractivity contribution in [1.82, 2.24) is 0 Å². The summed E-state index contributed by atoms with van der Waals surface area (Å²) in [6, 6.07) is 9.74. The van der Waals surface area contributed by atoms with Crippen molar-refractivity contribution in [2.75, 3.05) is 6.16 Å². The third-order valence-electron chi connectivity index (χ3n) is 2.64. The highest BCUT2D eigenvalue weighted by Crippen LogP contribution is 2.56. The molecule has 1 atom stereocenters. The summed E-state index contributed by atoms with van der Waals surface area (Å²) in [6.07, 6.45) is 2.33. The molecule has 0 heterocycles. The molecule has 0 unspecified atom stereocenters. The Bertz CT molecular complexity index is 373. The van der Waals surface area contributed by atoms with Crippen LogP contribution in [0.3, 0.4) is 0 Å². The van der Waals surface area contributed by atoms with E-state index in [0.29, 0.717) is 6.16 Å². The SMILES string of the molecule is C=CC[P@@](=O)(c1ccccc1)C(C)(C)C. The van der Waals surface area contributed by atoms with E-state index in [1.807, 2.05) is 51.1 Å². The molecule has 1 nitrogen and oxygen atoms in total. The van der Waals surface area contributed by atoms with Gasteiger partial charge in [-0.2, -0.15) is 0 Å².